The van der Waals surface area contributed by atoms with Crippen LogP contribution in [0.2, 0.25) is 0 Å². The summed E-state index contributed by atoms with van der Waals surface area (Å²) in [5.74, 6) is 0.989. The maximum Gasteiger partial charge on any atom is 0.336 e. The van der Waals surface area contributed by atoms with E-state index < -0.39 is 5.63 Å². The van der Waals surface area contributed by atoms with Crippen molar-refractivity contribution in [2.75, 3.05) is 13.2 Å². The fourth-order valence-electron chi connectivity index (χ4n) is 4.07. The standard InChI is InChI=1S/C26H29N3O4/c1-3-32-24-8-5-4-7-20(24)16-29(13-6-12-28-14-11-27-18-28)17-21-15-25(31)33-26-19(2)23(30)10-9-22(21)26/h4-5,7-11,14-15,18,30H,3,6,12-13,16-17H2,1-2H3. The number of aromatic hydroxyl groups is 1. The number of nitrogens with zero attached hydrogens (tertiary/aromatic N) is 3. The van der Waals surface area contributed by atoms with E-state index in [1.54, 1.807) is 25.3 Å². The number of aryl methyl sites for hydroxylation is 2. The smallest absolute Gasteiger partial charge is 0.336 e. The molecule has 2 aromatic heterocycles. The monoisotopic (exact) mass is 447 g/mol. The highest BCUT2D eigenvalue weighted by molar-refractivity contribution is 5.84. The molecular weight excluding hydrogens is 418 g/mol. The molecule has 0 atom stereocenters. The molecule has 0 aliphatic carbocycles. The number of imidazole rings is 1. The maximum absolute atomic E-state index is 12.3. The maximum atomic E-state index is 12.3. The van der Waals surface area contributed by atoms with Crippen LogP contribution in [0.1, 0.15) is 30.0 Å². The van der Waals surface area contributed by atoms with Crippen LogP contribution in [0.4, 0.5) is 0 Å². The minimum Gasteiger partial charge on any atom is -0.508 e. The van der Waals surface area contributed by atoms with Gasteiger partial charge in [0.05, 0.1) is 12.9 Å². The van der Waals surface area contributed by atoms with Crippen LogP contribution < -0.4 is 10.4 Å². The average molecular weight is 448 g/mol. The summed E-state index contributed by atoms with van der Waals surface area (Å²) in [6.07, 6.45) is 6.48. The summed E-state index contributed by atoms with van der Waals surface area (Å²) >= 11 is 0. The second-order valence-electron chi connectivity index (χ2n) is 8.08. The zero-order chi connectivity index (χ0) is 23.2. The minimum absolute atomic E-state index is 0.116. The number of fused-ring (bicyclic) bond motifs is 1. The van der Waals surface area contributed by atoms with Gasteiger partial charge in [-0.1, -0.05) is 18.2 Å². The number of phenolic OH excluding ortho intramolecular Hbond substituents is 1. The Morgan fingerprint density at radius 2 is 1.97 bits per heavy atom. The van der Waals surface area contributed by atoms with Crippen LogP contribution in [-0.2, 0) is 19.6 Å². The lowest BCUT2D eigenvalue weighted by Gasteiger charge is -2.24. The highest BCUT2D eigenvalue weighted by atomic mass is 16.5. The van der Waals surface area contributed by atoms with Gasteiger partial charge in [0.25, 0.3) is 0 Å². The predicted molar refractivity (Wildman–Crippen MR) is 127 cm³/mol. The first-order valence-electron chi connectivity index (χ1n) is 11.2. The second kappa shape index (κ2) is 10.4. The molecule has 0 aliphatic rings. The minimum atomic E-state index is -0.417. The lowest BCUT2D eigenvalue weighted by Crippen LogP contribution is -2.26. The van der Waals surface area contributed by atoms with Gasteiger partial charge in [0.1, 0.15) is 17.1 Å². The Balaban J connectivity index is 1.63. The number of ether oxygens (including phenoxy) is 1. The zero-order valence-corrected chi connectivity index (χ0v) is 19.0. The molecule has 0 bridgehead atoms. The van der Waals surface area contributed by atoms with Gasteiger partial charge in [0.2, 0.25) is 0 Å². The Kier molecular flexibility index (Phi) is 7.10. The molecule has 0 unspecified atom stereocenters. The predicted octanol–water partition coefficient (Wildman–Crippen LogP) is 4.49. The molecule has 7 heteroatoms. The number of hydrogen-bond acceptors (Lipinski definition) is 6. The van der Waals surface area contributed by atoms with Crippen molar-refractivity contribution in [3.8, 4) is 11.5 Å². The van der Waals surface area contributed by atoms with Crippen molar-refractivity contribution < 1.29 is 14.3 Å². The van der Waals surface area contributed by atoms with Crippen molar-refractivity contribution in [1.82, 2.24) is 14.5 Å². The van der Waals surface area contributed by atoms with E-state index in [0.29, 0.717) is 30.8 Å². The number of phenols is 1. The van der Waals surface area contributed by atoms with Gasteiger partial charge in [0.15, 0.2) is 0 Å². The lowest BCUT2D eigenvalue weighted by atomic mass is 10.1. The molecule has 172 valence electrons. The Morgan fingerprint density at radius 3 is 2.76 bits per heavy atom. The lowest BCUT2D eigenvalue weighted by molar-refractivity contribution is 0.242. The third kappa shape index (κ3) is 5.43. The first-order valence-corrected chi connectivity index (χ1v) is 11.2. The van der Waals surface area contributed by atoms with Gasteiger partial charge in [-0.3, -0.25) is 4.90 Å². The summed E-state index contributed by atoms with van der Waals surface area (Å²) in [6, 6.07) is 13.1. The first kappa shape index (κ1) is 22.6. The average Bonchev–Trinajstić information content (AvgIpc) is 3.31. The highest BCUT2D eigenvalue weighted by Crippen LogP contribution is 2.29. The molecule has 33 heavy (non-hydrogen) atoms. The van der Waals surface area contributed by atoms with Crippen LogP contribution in [-0.4, -0.2) is 32.7 Å². The van der Waals surface area contributed by atoms with Gasteiger partial charge in [-0.15, -0.1) is 0 Å². The molecule has 0 saturated carbocycles. The Hall–Kier alpha value is -3.58. The molecule has 0 fully saturated rings. The molecule has 0 amide bonds. The molecule has 4 rings (SSSR count). The molecule has 0 saturated heterocycles. The van der Waals surface area contributed by atoms with E-state index in [4.69, 9.17) is 9.15 Å². The SMILES string of the molecule is CCOc1ccccc1CN(CCCn1ccnc1)Cc1cc(=O)oc2c(C)c(O)ccc12. The van der Waals surface area contributed by atoms with Gasteiger partial charge in [-0.2, -0.15) is 0 Å². The van der Waals surface area contributed by atoms with Gasteiger partial charge in [0, 0.05) is 61.2 Å². The largest absolute Gasteiger partial charge is 0.508 e. The molecule has 4 aromatic rings. The van der Waals surface area contributed by atoms with Crippen molar-refractivity contribution >= 4 is 11.0 Å². The third-order valence-electron chi connectivity index (χ3n) is 5.73. The van der Waals surface area contributed by atoms with E-state index in [0.717, 1.165) is 41.8 Å². The van der Waals surface area contributed by atoms with Crippen molar-refractivity contribution in [3.05, 3.63) is 88.3 Å². The molecule has 0 spiro atoms. The fraction of sp³-hybridized carbons (Fsp3) is 0.308. The van der Waals surface area contributed by atoms with E-state index in [1.165, 1.54) is 0 Å². The molecular formula is C26H29N3O4. The quantitative estimate of drug-likeness (QED) is 0.361. The van der Waals surface area contributed by atoms with Crippen molar-refractivity contribution in [2.24, 2.45) is 0 Å². The molecule has 0 aliphatic heterocycles. The van der Waals surface area contributed by atoms with E-state index in [2.05, 4.69) is 20.5 Å². The van der Waals surface area contributed by atoms with E-state index >= 15 is 0 Å². The molecule has 0 radical (unpaired) electrons. The topological polar surface area (TPSA) is 80.7 Å². The Labute approximate surface area is 192 Å². The molecule has 2 heterocycles. The molecule has 2 aromatic carbocycles. The molecule has 7 nitrogen and oxygen atoms in total. The third-order valence-corrected chi connectivity index (χ3v) is 5.73. The van der Waals surface area contributed by atoms with Gasteiger partial charge in [-0.25, -0.2) is 9.78 Å². The summed E-state index contributed by atoms with van der Waals surface area (Å²) in [4.78, 5) is 18.7. The van der Waals surface area contributed by atoms with Crippen molar-refractivity contribution in [3.63, 3.8) is 0 Å². The summed E-state index contributed by atoms with van der Waals surface area (Å²) in [6.45, 7) is 7.25. The first-order chi connectivity index (χ1) is 16.0. The van der Waals surface area contributed by atoms with E-state index in [1.807, 2.05) is 43.7 Å². The van der Waals surface area contributed by atoms with E-state index in [9.17, 15) is 9.90 Å². The Bertz CT molecular complexity index is 1260. The Morgan fingerprint density at radius 1 is 1.15 bits per heavy atom. The van der Waals surface area contributed by atoms with Crippen LogP contribution in [0.3, 0.4) is 0 Å². The van der Waals surface area contributed by atoms with Crippen LogP contribution in [0.5, 0.6) is 11.5 Å². The summed E-state index contributed by atoms with van der Waals surface area (Å²) in [7, 11) is 0. The van der Waals surface area contributed by atoms with Gasteiger partial charge >= 0.3 is 5.63 Å². The fourth-order valence-corrected chi connectivity index (χ4v) is 4.07. The van der Waals surface area contributed by atoms with Crippen LogP contribution in [0, 0.1) is 6.92 Å². The van der Waals surface area contributed by atoms with Crippen LogP contribution in [0.25, 0.3) is 11.0 Å². The van der Waals surface area contributed by atoms with E-state index in [-0.39, 0.29) is 5.75 Å². The summed E-state index contributed by atoms with van der Waals surface area (Å²) < 4.78 is 13.3. The zero-order valence-electron chi connectivity index (χ0n) is 19.0. The van der Waals surface area contributed by atoms with Gasteiger partial charge in [-0.05, 0) is 44.0 Å². The van der Waals surface area contributed by atoms with Gasteiger partial charge < -0.3 is 18.8 Å². The number of aromatic nitrogens is 2. The van der Waals surface area contributed by atoms with Crippen molar-refractivity contribution in [2.45, 2.75) is 39.9 Å². The van der Waals surface area contributed by atoms with Crippen molar-refractivity contribution in [1.29, 1.82) is 0 Å². The number of rotatable bonds is 10. The van der Waals surface area contributed by atoms with Crippen LogP contribution >= 0.6 is 0 Å². The number of para-hydroxylation sites is 1. The highest BCUT2D eigenvalue weighted by Gasteiger charge is 2.16. The summed E-state index contributed by atoms with van der Waals surface area (Å²) in [5, 5.41) is 10.9. The number of hydrogen-bond donors (Lipinski definition) is 1. The number of benzene rings is 2. The summed E-state index contributed by atoms with van der Waals surface area (Å²) in [5.41, 5.74) is 2.56. The second-order valence-corrected chi connectivity index (χ2v) is 8.08. The normalized spacial score (nSPS) is 11.4. The van der Waals surface area contributed by atoms with Crippen LogP contribution in [0.15, 0.2) is 70.4 Å². The molecule has 1 N–H and O–H groups in total.